The van der Waals surface area contributed by atoms with E-state index in [2.05, 4.69) is 25.2 Å². The summed E-state index contributed by atoms with van der Waals surface area (Å²) in [7, 11) is 0. The zero-order valence-electron chi connectivity index (χ0n) is 12.4. The molecule has 3 nitrogen and oxygen atoms in total. The van der Waals surface area contributed by atoms with Crippen molar-refractivity contribution in [2.24, 2.45) is 0 Å². The first-order chi connectivity index (χ1) is 8.92. The van der Waals surface area contributed by atoms with Gasteiger partial charge in [-0.2, -0.15) is 0 Å². The summed E-state index contributed by atoms with van der Waals surface area (Å²) in [5.74, 6) is 0.946. The van der Waals surface area contributed by atoms with E-state index in [1.54, 1.807) is 0 Å². The lowest BCUT2D eigenvalue weighted by atomic mass is 9.92. The molecule has 1 aromatic carbocycles. The minimum atomic E-state index is -0.631. The maximum absolute atomic E-state index is 10.4. The summed E-state index contributed by atoms with van der Waals surface area (Å²) in [6.45, 7) is 8.81. The first kappa shape index (κ1) is 14.4. The fourth-order valence-corrected chi connectivity index (χ4v) is 2.68. The van der Waals surface area contributed by atoms with Crippen LogP contribution in [0.1, 0.15) is 52.1 Å². The van der Waals surface area contributed by atoms with Crippen molar-refractivity contribution < 1.29 is 9.84 Å². The van der Waals surface area contributed by atoms with Crippen LogP contribution in [0.5, 0.6) is 5.75 Å². The molecule has 19 heavy (non-hydrogen) atoms. The second-order valence-electron chi connectivity index (χ2n) is 5.99. The topological polar surface area (TPSA) is 41.5 Å². The number of hydrogen-bond acceptors (Lipinski definition) is 3. The van der Waals surface area contributed by atoms with Crippen molar-refractivity contribution in [1.29, 1.82) is 0 Å². The van der Waals surface area contributed by atoms with Crippen LogP contribution in [0, 0.1) is 0 Å². The van der Waals surface area contributed by atoms with E-state index >= 15 is 0 Å². The number of nitrogens with one attached hydrogen (secondary N) is 1. The normalized spacial score (nSPS) is 21.0. The summed E-state index contributed by atoms with van der Waals surface area (Å²) in [4.78, 5) is 0. The molecule has 0 saturated carbocycles. The zero-order chi connectivity index (χ0) is 14.1. The molecule has 0 amide bonds. The number of hydrogen-bond donors (Lipinski definition) is 2. The maximum Gasteiger partial charge on any atom is 0.125 e. The van der Waals surface area contributed by atoms with Gasteiger partial charge in [-0.1, -0.05) is 32.0 Å². The van der Waals surface area contributed by atoms with Gasteiger partial charge in [-0.05, 0) is 32.8 Å². The first-order valence-corrected chi connectivity index (χ1v) is 7.15. The Hall–Kier alpha value is -1.06. The average molecular weight is 263 g/mol. The van der Waals surface area contributed by atoms with E-state index in [0.29, 0.717) is 6.54 Å². The minimum Gasteiger partial charge on any atom is -0.486 e. The van der Waals surface area contributed by atoms with Crippen molar-refractivity contribution >= 4 is 0 Å². The van der Waals surface area contributed by atoms with E-state index in [4.69, 9.17) is 4.74 Å². The largest absolute Gasteiger partial charge is 0.486 e. The van der Waals surface area contributed by atoms with E-state index in [9.17, 15) is 5.11 Å². The highest BCUT2D eigenvalue weighted by molar-refractivity contribution is 5.42. The Morgan fingerprint density at radius 3 is 2.53 bits per heavy atom. The van der Waals surface area contributed by atoms with Crippen LogP contribution >= 0.6 is 0 Å². The van der Waals surface area contributed by atoms with Crippen LogP contribution in [0.15, 0.2) is 24.3 Å². The van der Waals surface area contributed by atoms with Gasteiger partial charge in [0, 0.05) is 12.1 Å². The molecule has 0 spiro atoms. The van der Waals surface area contributed by atoms with Crippen molar-refractivity contribution in [3.63, 3.8) is 0 Å². The average Bonchev–Trinajstić information content (AvgIpc) is 2.66. The molecular formula is C16H25NO2. The van der Waals surface area contributed by atoms with Crippen LogP contribution < -0.4 is 10.1 Å². The molecule has 1 atom stereocenters. The zero-order valence-corrected chi connectivity index (χ0v) is 12.4. The molecule has 1 unspecified atom stereocenters. The highest BCUT2D eigenvalue weighted by Gasteiger charge is 2.41. The van der Waals surface area contributed by atoms with Gasteiger partial charge in [-0.3, -0.25) is 0 Å². The van der Waals surface area contributed by atoms with Gasteiger partial charge in [0.25, 0.3) is 0 Å². The van der Waals surface area contributed by atoms with Gasteiger partial charge in [-0.25, -0.2) is 0 Å². The number of rotatable bonds is 5. The first-order valence-electron chi connectivity index (χ1n) is 7.15. The summed E-state index contributed by atoms with van der Waals surface area (Å²) in [6.07, 6.45) is 1.51. The van der Waals surface area contributed by atoms with Gasteiger partial charge in [0.1, 0.15) is 11.4 Å². The van der Waals surface area contributed by atoms with E-state index in [0.717, 1.165) is 18.6 Å². The smallest absolute Gasteiger partial charge is 0.125 e. The predicted molar refractivity (Wildman–Crippen MR) is 77.4 cm³/mol. The third kappa shape index (κ3) is 2.77. The lowest BCUT2D eigenvalue weighted by molar-refractivity contribution is 0.0190. The third-order valence-corrected chi connectivity index (χ3v) is 4.25. The molecule has 1 aliphatic rings. The van der Waals surface area contributed by atoms with Gasteiger partial charge in [0.2, 0.25) is 0 Å². The fourth-order valence-electron chi connectivity index (χ4n) is 2.68. The van der Waals surface area contributed by atoms with Crippen LogP contribution in [0.4, 0.5) is 0 Å². The van der Waals surface area contributed by atoms with E-state index in [1.165, 1.54) is 5.56 Å². The molecule has 0 aromatic heterocycles. The molecule has 106 valence electrons. The second-order valence-corrected chi connectivity index (χ2v) is 5.99. The van der Waals surface area contributed by atoms with Gasteiger partial charge < -0.3 is 15.2 Å². The fraction of sp³-hybridized carbons (Fsp3) is 0.625. The molecular weight excluding hydrogens is 238 g/mol. The molecule has 1 heterocycles. The summed E-state index contributed by atoms with van der Waals surface area (Å²) >= 11 is 0. The maximum atomic E-state index is 10.4. The van der Waals surface area contributed by atoms with Crippen molar-refractivity contribution in [1.82, 2.24) is 5.32 Å². The summed E-state index contributed by atoms with van der Waals surface area (Å²) in [6, 6.07) is 8.24. The molecule has 0 bridgehead atoms. The predicted octanol–water partition coefficient (Wildman–Crippen LogP) is 3.04. The van der Waals surface area contributed by atoms with Crippen molar-refractivity contribution in [3.05, 3.63) is 29.8 Å². The van der Waals surface area contributed by atoms with Crippen LogP contribution in [0.2, 0.25) is 0 Å². The Balaban J connectivity index is 2.15. The number of benzene rings is 1. The Bertz CT molecular complexity index is 438. The Morgan fingerprint density at radius 1 is 1.26 bits per heavy atom. The van der Waals surface area contributed by atoms with Crippen molar-refractivity contribution in [3.8, 4) is 5.75 Å². The molecule has 0 fully saturated rings. The van der Waals surface area contributed by atoms with Crippen LogP contribution in [0.3, 0.4) is 0 Å². The molecule has 0 saturated heterocycles. The van der Waals surface area contributed by atoms with E-state index in [-0.39, 0.29) is 11.6 Å². The SMILES string of the molecule is CCC(O)(CC)CNC1c2ccccc2OC1(C)C. The molecule has 3 heteroatoms. The van der Waals surface area contributed by atoms with E-state index < -0.39 is 5.60 Å². The molecule has 1 aliphatic heterocycles. The van der Waals surface area contributed by atoms with Crippen LogP contribution in [-0.2, 0) is 0 Å². The standard InChI is InChI=1S/C16H25NO2/c1-5-16(18,6-2)11-17-14-12-9-7-8-10-13(12)19-15(14,3)4/h7-10,14,17-18H,5-6,11H2,1-4H3. The number of fused-ring (bicyclic) bond motifs is 1. The number of ether oxygens (including phenoxy) is 1. The summed E-state index contributed by atoms with van der Waals surface area (Å²) in [5, 5.41) is 13.9. The van der Waals surface area contributed by atoms with Crippen molar-refractivity contribution in [2.75, 3.05) is 6.54 Å². The van der Waals surface area contributed by atoms with Gasteiger partial charge in [0.15, 0.2) is 0 Å². The van der Waals surface area contributed by atoms with Gasteiger partial charge in [0.05, 0.1) is 11.6 Å². The quantitative estimate of drug-likeness (QED) is 0.858. The lowest BCUT2D eigenvalue weighted by Gasteiger charge is -2.32. The highest BCUT2D eigenvalue weighted by atomic mass is 16.5. The Morgan fingerprint density at radius 2 is 1.89 bits per heavy atom. The molecule has 1 aromatic rings. The van der Waals surface area contributed by atoms with Gasteiger partial charge in [-0.15, -0.1) is 0 Å². The number of para-hydroxylation sites is 1. The van der Waals surface area contributed by atoms with Crippen LogP contribution in [0.25, 0.3) is 0 Å². The third-order valence-electron chi connectivity index (χ3n) is 4.25. The second kappa shape index (κ2) is 5.14. The monoisotopic (exact) mass is 263 g/mol. The van der Waals surface area contributed by atoms with E-state index in [1.807, 2.05) is 32.0 Å². The van der Waals surface area contributed by atoms with Gasteiger partial charge >= 0.3 is 0 Å². The van der Waals surface area contributed by atoms with Crippen molar-refractivity contribution in [2.45, 2.75) is 57.8 Å². The molecule has 2 rings (SSSR count). The lowest BCUT2D eigenvalue weighted by Crippen LogP contribution is -2.46. The molecule has 0 aliphatic carbocycles. The molecule has 0 radical (unpaired) electrons. The Labute approximate surface area is 116 Å². The molecule has 2 N–H and O–H groups in total. The Kier molecular flexibility index (Phi) is 3.88. The number of aliphatic hydroxyl groups is 1. The summed E-state index contributed by atoms with van der Waals surface area (Å²) < 4.78 is 6.00. The summed E-state index contributed by atoms with van der Waals surface area (Å²) in [5.41, 5.74) is 0.265. The van der Waals surface area contributed by atoms with Crippen LogP contribution in [-0.4, -0.2) is 22.9 Å². The highest BCUT2D eigenvalue weighted by Crippen LogP contribution is 2.42. The minimum absolute atomic E-state index is 0.119.